The first-order valence-corrected chi connectivity index (χ1v) is 10.6. The molecule has 1 saturated heterocycles. The molecule has 156 valence electrons. The van der Waals surface area contributed by atoms with Gasteiger partial charge in [0.05, 0.1) is 24.7 Å². The van der Waals surface area contributed by atoms with E-state index in [-0.39, 0.29) is 29.7 Å². The number of fused-ring (bicyclic) bond motifs is 1. The lowest BCUT2D eigenvalue weighted by Crippen LogP contribution is -2.58. The van der Waals surface area contributed by atoms with Crippen molar-refractivity contribution in [2.75, 3.05) is 26.7 Å². The van der Waals surface area contributed by atoms with E-state index >= 15 is 0 Å². The Kier molecular flexibility index (Phi) is 6.43. The van der Waals surface area contributed by atoms with Crippen LogP contribution in [0, 0.1) is 5.41 Å². The van der Waals surface area contributed by atoms with Gasteiger partial charge in [-0.2, -0.15) is 5.10 Å². The van der Waals surface area contributed by atoms with Gasteiger partial charge in [0.15, 0.2) is 0 Å². The van der Waals surface area contributed by atoms with Crippen LogP contribution in [-0.4, -0.2) is 64.5 Å². The van der Waals surface area contributed by atoms with E-state index in [0.717, 1.165) is 31.6 Å². The summed E-state index contributed by atoms with van der Waals surface area (Å²) < 4.78 is 0. The fraction of sp³-hybridized carbons (Fsp3) is 0.762. The van der Waals surface area contributed by atoms with Gasteiger partial charge in [-0.25, -0.2) is 0 Å². The molecule has 1 fully saturated rings. The summed E-state index contributed by atoms with van der Waals surface area (Å²) in [5.74, 6) is -0.0442. The van der Waals surface area contributed by atoms with Crippen molar-refractivity contribution in [1.29, 1.82) is 0 Å². The molecule has 0 saturated carbocycles. The maximum atomic E-state index is 12.9. The van der Waals surface area contributed by atoms with Crippen LogP contribution in [-0.2, 0) is 29.0 Å². The Balaban J connectivity index is 1.64. The predicted octanol–water partition coefficient (Wildman–Crippen LogP) is 1.87. The number of nitrogens with zero attached hydrogens (tertiary/aromatic N) is 3. The van der Waals surface area contributed by atoms with Crippen LogP contribution in [0.3, 0.4) is 0 Å². The molecule has 7 heteroatoms. The number of carbonyl (C=O) groups is 2. The minimum absolute atomic E-state index is 0.00803. The molecule has 0 aromatic carbocycles. The van der Waals surface area contributed by atoms with Gasteiger partial charge in [0, 0.05) is 32.4 Å². The second kappa shape index (κ2) is 8.64. The van der Waals surface area contributed by atoms with E-state index in [4.69, 9.17) is 0 Å². The smallest absolute Gasteiger partial charge is 0.237 e. The van der Waals surface area contributed by atoms with Crippen molar-refractivity contribution in [3.63, 3.8) is 0 Å². The molecule has 3 rings (SSSR count). The molecule has 1 atom stereocenters. The van der Waals surface area contributed by atoms with Gasteiger partial charge in [0.1, 0.15) is 0 Å². The third-order valence-corrected chi connectivity index (χ3v) is 5.69. The summed E-state index contributed by atoms with van der Waals surface area (Å²) in [6.07, 6.45) is 5.92. The Hall–Kier alpha value is -1.89. The van der Waals surface area contributed by atoms with Gasteiger partial charge in [0.2, 0.25) is 11.8 Å². The molecule has 1 aromatic rings. The summed E-state index contributed by atoms with van der Waals surface area (Å²) in [4.78, 5) is 29.2. The van der Waals surface area contributed by atoms with Gasteiger partial charge in [-0.1, -0.05) is 27.2 Å². The first kappa shape index (κ1) is 20.8. The van der Waals surface area contributed by atoms with E-state index in [9.17, 15) is 9.59 Å². The molecule has 0 bridgehead atoms. The third kappa shape index (κ3) is 5.13. The number of hydrogen-bond donors (Lipinski definition) is 2. The van der Waals surface area contributed by atoms with Crippen molar-refractivity contribution in [3.8, 4) is 0 Å². The van der Waals surface area contributed by atoms with Gasteiger partial charge >= 0.3 is 0 Å². The topological polar surface area (TPSA) is 81.3 Å². The van der Waals surface area contributed by atoms with Gasteiger partial charge in [-0.05, 0) is 36.7 Å². The summed E-state index contributed by atoms with van der Waals surface area (Å²) in [5.41, 5.74) is 3.59. The lowest BCUT2D eigenvalue weighted by atomic mass is 9.94. The minimum Gasteiger partial charge on any atom is -0.353 e. The molecule has 2 aliphatic rings. The number of aryl methyl sites for hydroxylation is 1. The van der Waals surface area contributed by atoms with Crippen LogP contribution in [0.4, 0.5) is 0 Å². The van der Waals surface area contributed by atoms with E-state index in [1.54, 1.807) is 4.90 Å². The number of nitrogens with one attached hydrogen (secondary N) is 2. The minimum atomic E-state index is -0.390. The van der Waals surface area contributed by atoms with E-state index in [1.165, 1.54) is 30.5 Å². The molecular weight excluding hydrogens is 354 g/mol. The molecule has 1 aliphatic carbocycles. The van der Waals surface area contributed by atoms with Crippen molar-refractivity contribution in [3.05, 3.63) is 17.0 Å². The van der Waals surface area contributed by atoms with Crippen LogP contribution in [0.25, 0.3) is 0 Å². The van der Waals surface area contributed by atoms with Gasteiger partial charge in [-0.3, -0.25) is 19.6 Å². The first-order valence-electron chi connectivity index (χ1n) is 10.6. The highest BCUT2D eigenvalue weighted by molar-refractivity contribution is 5.88. The number of hydrogen-bond acceptors (Lipinski definition) is 4. The van der Waals surface area contributed by atoms with Crippen LogP contribution in [0.1, 0.15) is 63.4 Å². The Morgan fingerprint density at radius 3 is 2.75 bits per heavy atom. The molecular formula is C21H35N5O2. The molecule has 0 spiro atoms. The van der Waals surface area contributed by atoms with E-state index in [2.05, 4.69) is 41.2 Å². The lowest BCUT2D eigenvalue weighted by Gasteiger charge is -2.38. The molecule has 1 unspecified atom stereocenters. The fourth-order valence-electron chi connectivity index (χ4n) is 4.27. The Bertz CT molecular complexity index is 706. The van der Waals surface area contributed by atoms with Crippen LogP contribution in [0.15, 0.2) is 0 Å². The van der Waals surface area contributed by atoms with Crippen molar-refractivity contribution in [1.82, 2.24) is 25.3 Å². The zero-order chi connectivity index (χ0) is 20.3. The van der Waals surface area contributed by atoms with Crippen molar-refractivity contribution < 1.29 is 9.59 Å². The van der Waals surface area contributed by atoms with Crippen LogP contribution >= 0.6 is 0 Å². The molecule has 2 N–H and O–H groups in total. The van der Waals surface area contributed by atoms with Crippen LogP contribution < -0.4 is 5.32 Å². The molecule has 1 aromatic heterocycles. The monoisotopic (exact) mass is 389 g/mol. The number of aromatic nitrogens is 2. The number of piperazine rings is 1. The Morgan fingerprint density at radius 1 is 1.25 bits per heavy atom. The second-order valence-electron chi connectivity index (χ2n) is 9.48. The quantitative estimate of drug-likeness (QED) is 0.754. The highest BCUT2D eigenvalue weighted by Crippen LogP contribution is 2.23. The van der Waals surface area contributed by atoms with Gasteiger partial charge < -0.3 is 10.2 Å². The van der Waals surface area contributed by atoms with Crippen LogP contribution in [0.5, 0.6) is 0 Å². The molecule has 7 nitrogen and oxygen atoms in total. The zero-order valence-electron chi connectivity index (χ0n) is 17.8. The van der Waals surface area contributed by atoms with Crippen molar-refractivity contribution in [2.45, 2.75) is 71.9 Å². The van der Waals surface area contributed by atoms with E-state index in [0.29, 0.717) is 13.1 Å². The molecule has 28 heavy (non-hydrogen) atoms. The molecule has 2 heterocycles. The van der Waals surface area contributed by atoms with E-state index < -0.39 is 0 Å². The fourth-order valence-corrected chi connectivity index (χ4v) is 4.27. The number of aromatic amines is 1. The summed E-state index contributed by atoms with van der Waals surface area (Å²) >= 11 is 0. The van der Waals surface area contributed by atoms with Crippen molar-refractivity contribution in [2.24, 2.45) is 5.41 Å². The predicted molar refractivity (Wildman–Crippen MR) is 109 cm³/mol. The average Bonchev–Trinajstić information content (AvgIpc) is 2.84. The molecule has 0 radical (unpaired) electrons. The summed E-state index contributed by atoms with van der Waals surface area (Å²) in [6, 6.07) is -0.390. The number of carbonyl (C=O) groups excluding carboxylic acids is 2. The second-order valence-corrected chi connectivity index (χ2v) is 9.48. The van der Waals surface area contributed by atoms with Gasteiger partial charge in [-0.15, -0.1) is 0 Å². The average molecular weight is 390 g/mol. The standard InChI is InChI=1S/C21H35N5O2/c1-21(2,3)14-26-11-10-22-20(28)18(26)12-19(27)25(4)13-17-15-8-6-5-7-9-16(15)23-24-17/h18H,5-14H2,1-4H3,(H,22,28)(H,23,24). The first-order chi connectivity index (χ1) is 13.2. The maximum Gasteiger partial charge on any atom is 0.237 e. The number of amides is 2. The highest BCUT2D eigenvalue weighted by atomic mass is 16.2. The van der Waals surface area contributed by atoms with E-state index in [1.807, 2.05) is 7.05 Å². The SMILES string of the molecule is CN(Cc1n[nH]c2c1CCCCC2)C(=O)CC1C(=O)NCCN1CC(C)(C)C. The molecule has 1 aliphatic heterocycles. The summed E-state index contributed by atoms with van der Waals surface area (Å²) in [5, 5.41) is 10.6. The largest absolute Gasteiger partial charge is 0.353 e. The summed E-state index contributed by atoms with van der Waals surface area (Å²) in [7, 11) is 1.81. The summed E-state index contributed by atoms with van der Waals surface area (Å²) in [6.45, 7) is 9.22. The normalized spacial score (nSPS) is 21.0. The number of rotatable bonds is 5. The highest BCUT2D eigenvalue weighted by Gasteiger charge is 2.34. The maximum absolute atomic E-state index is 12.9. The molecule has 2 amide bonds. The number of H-pyrrole nitrogens is 1. The zero-order valence-corrected chi connectivity index (χ0v) is 17.8. The van der Waals surface area contributed by atoms with Gasteiger partial charge in [0.25, 0.3) is 0 Å². The van der Waals surface area contributed by atoms with Crippen LogP contribution in [0.2, 0.25) is 0 Å². The third-order valence-electron chi connectivity index (χ3n) is 5.69. The van der Waals surface area contributed by atoms with Crippen molar-refractivity contribution >= 4 is 11.8 Å². The Morgan fingerprint density at radius 2 is 2.00 bits per heavy atom. The lowest BCUT2D eigenvalue weighted by molar-refractivity contribution is -0.138. The Labute approximate surface area is 168 Å².